The predicted molar refractivity (Wildman–Crippen MR) is 109 cm³/mol. The molecule has 4 rings (SSSR count). The Bertz CT molecular complexity index is 1320. The van der Waals surface area contributed by atoms with Crippen LogP contribution in [-0.4, -0.2) is 30.8 Å². The van der Waals surface area contributed by atoms with Crippen LogP contribution in [0.15, 0.2) is 35.2 Å². The number of anilines is 1. The molecule has 166 valence electrons. The van der Waals surface area contributed by atoms with Crippen molar-refractivity contribution in [3.8, 4) is 11.5 Å². The van der Waals surface area contributed by atoms with Crippen molar-refractivity contribution in [3.05, 3.63) is 52.3 Å². The number of pyridine rings is 1. The molecule has 4 aromatic rings. The van der Waals surface area contributed by atoms with Crippen LogP contribution < -0.4 is 11.1 Å². The molecule has 3 N–H and O–H groups in total. The quantitative estimate of drug-likeness (QED) is 0.460. The summed E-state index contributed by atoms with van der Waals surface area (Å²) in [5.41, 5.74) is 6.31. The van der Waals surface area contributed by atoms with E-state index in [1.807, 2.05) is 6.92 Å². The van der Waals surface area contributed by atoms with Crippen molar-refractivity contribution in [1.29, 1.82) is 0 Å². The van der Waals surface area contributed by atoms with Gasteiger partial charge in [0.15, 0.2) is 17.3 Å². The van der Waals surface area contributed by atoms with Crippen LogP contribution in [0.3, 0.4) is 0 Å². The fraction of sp³-hybridized carbons (Fsp3) is 0.211. The number of halogens is 4. The van der Waals surface area contributed by atoms with E-state index in [9.17, 15) is 18.0 Å². The third-order valence-electron chi connectivity index (χ3n) is 4.73. The summed E-state index contributed by atoms with van der Waals surface area (Å²) in [5, 5.41) is 9.50. The van der Waals surface area contributed by atoms with Crippen molar-refractivity contribution in [2.75, 3.05) is 5.73 Å². The predicted octanol–water partition coefficient (Wildman–Crippen LogP) is 3.69. The zero-order chi connectivity index (χ0) is 23.0. The van der Waals surface area contributed by atoms with E-state index in [4.69, 9.17) is 17.3 Å². The average Bonchev–Trinajstić information content (AvgIpc) is 3.34. The Labute approximate surface area is 183 Å². The number of hydrogen-bond donors (Lipinski definition) is 2. The molecule has 1 amide bonds. The Morgan fingerprint density at radius 1 is 1.28 bits per heavy atom. The van der Waals surface area contributed by atoms with Crippen molar-refractivity contribution >= 4 is 34.4 Å². The van der Waals surface area contributed by atoms with Crippen LogP contribution in [0.25, 0.3) is 22.6 Å². The first kappa shape index (κ1) is 21.6. The molecule has 0 unspecified atom stereocenters. The van der Waals surface area contributed by atoms with Gasteiger partial charge >= 0.3 is 6.18 Å². The number of nitrogens with two attached hydrogens (primary N) is 1. The molecule has 0 aliphatic heterocycles. The van der Waals surface area contributed by atoms with Gasteiger partial charge in [-0.25, -0.2) is 9.61 Å². The number of fused-ring (bicyclic) bond motifs is 1. The van der Waals surface area contributed by atoms with Gasteiger partial charge in [-0.2, -0.15) is 13.2 Å². The molecule has 0 saturated carbocycles. The van der Waals surface area contributed by atoms with E-state index in [-0.39, 0.29) is 29.2 Å². The SMILES string of the molecule is CCn1c(-c2nonc2N)nc2cncc(C(=O)NCc3ccc(Cl)c(C(F)(F)F)c3)c21. The van der Waals surface area contributed by atoms with Gasteiger partial charge in [-0.05, 0) is 34.9 Å². The lowest BCUT2D eigenvalue weighted by atomic mass is 10.1. The molecule has 32 heavy (non-hydrogen) atoms. The second-order valence-corrected chi connectivity index (χ2v) is 7.13. The summed E-state index contributed by atoms with van der Waals surface area (Å²) in [6, 6.07) is 3.45. The number of carbonyl (C=O) groups is 1. The first-order valence-electron chi connectivity index (χ1n) is 9.27. The van der Waals surface area contributed by atoms with Gasteiger partial charge in [0.25, 0.3) is 5.91 Å². The van der Waals surface area contributed by atoms with E-state index in [0.717, 1.165) is 12.1 Å². The standard InChI is InChI=1S/C19H15ClF3N7O2/c1-2-30-15-10(7-25-8-13(15)27-17(30)14-16(24)29-32-28-14)18(31)26-6-9-3-4-12(20)11(5-9)19(21,22)23/h3-5,7-8H,2,6H2,1H3,(H2,24,29)(H,26,31). The van der Waals surface area contributed by atoms with Gasteiger partial charge in [0.2, 0.25) is 0 Å². The Hall–Kier alpha value is -3.67. The summed E-state index contributed by atoms with van der Waals surface area (Å²) in [6.07, 6.45) is -1.78. The topological polar surface area (TPSA) is 125 Å². The molecular formula is C19H15ClF3N7O2. The van der Waals surface area contributed by atoms with E-state index in [1.165, 1.54) is 18.5 Å². The fourth-order valence-corrected chi connectivity index (χ4v) is 3.50. The molecule has 1 aromatic carbocycles. The van der Waals surface area contributed by atoms with Crippen molar-refractivity contribution < 1.29 is 22.6 Å². The average molecular weight is 466 g/mol. The number of nitrogens with zero attached hydrogens (tertiary/aromatic N) is 5. The highest BCUT2D eigenvalue weighted by Crippen LogP contribution is 2.35. The minimum absolute atomic E-state index is 0.0391. The van der Waals surface area contributed by atoms with Crippen LogP contribution in [0.4, 0.5) is 19.0 Å². The van der Waals surface area contributed by atoms with Gasteiger partial charge in [-0.1, -0.05) is 17.7 Å². The van der Waals surface area contributed by atoms with Gasteiger partial charge in [0.05, 0.1) is 27.9 Å². The molecule has 3 heterocycles. The Kier molecular flexibility index (Phi) is 5.46. The monoisotopic (exact) mass is 465 g/mol. The molecule has 0 saturated heterocycles. The number of amides is 1. The number of benzene rings is 1. The van der Waals surface area contributed by atoms with E-state index in [0.29, 0.717) is 23.4 Å². The Morgan fingerprint density at radius 3 is 2.72 bits per heavy atom. The summed E-state index contributed by atoms with van der Waals surface area (Å²) in [7, 11) is 0. The minimum atomic E-state index is -4.60. The first-order valence-corrected chi connectivity index (χ1v) is 9.65. The van der Waals surface area contributed by atoms with Crippen LogP contribution in [0.2, 0.25) is 5.02 Å². The molecule has 0 fully saturated rings. The smallest absolute Gasteiger partial charge is 0.379 e. The number of hydrogen-bond acceptors (Lipinski definition) is 7. The molecule has 0 atom stereocenters. The third kappa shape index (κ3) is 3.84. The molecule has 0 spiro atoms. The van der Waals surface area contributed by atoms with E-state index in [2.05, 4.69) is 30.2 Å². The van der Waals surface area contributed by atoms with Gasteiger partial charge in [-0.3, -0.25) is 9.78 Å². The van der Waals surface area contributed by atoms with Crippen molar-refractivity contribution in [2.45, 2.75) is 26.2 Å². The maximum absolute atomic E-state index is 13.1. The second-order valence-electron chi connectivity index (χ2n) is 6.73. The molecule has 0 aliphatic carbocycles. The summed E-state index contributed by atoms with van der Waals surface area (Å²) in [5.74, 6) is -0.160. The maximum atomic E-state index is 13.1. The number of rotatable bonds is 5. The summed E-state index contributed by atoms with van der Waals surface area (Å²) in [6.45, 7) is 2.10. The Balaban J connectivity index is 1.66. The zero-order valence-corrected chi connectivity index (χ0v) is 17.2. The molecule has 0 aliphatic rings. The Morgan fingerprint density at radius 2 is 2.06 bits per heavy atom. The second kappa shape index (κ2) is 8.11. The summed E-state index contributed by atoms with van der Waals surface area (Å²) in [4.78, 5) is 21.4. The van der Waals surface area contributed by atoms with E-state index in [1.54, 1.807) is 4.57 Å². The van der Waals surface area contributed by atoms with Crippen molar-refractivity contribution in [2.24, 2.45) is 0 Å². The van der Waals surface area contributed by atoms with Gasteiger partial charge in [0.1, 0.15) is 5.52 Å². The maximum Gasteiger partial charge on any atom is 0.417 e. The minimum Gasteiger partial charge on any atom is -0.379 e. The van der Waals surface area contributed by atoms with Crippen LogP contribution in [0, 0.1) is 0 Å². The molecule has 0 bridgehead atoms. The number of nitrogen functional groups attached to an aromatic ring is 1. The fourth-order valence-electron chi connectivity index (χ4n) is 3.27. The number of aryl methyl sites for hydroxylation is 1. The molecule has 3 aromatic heterocycles. The lowest BCUT2D eigenvalue weighted by molar-refractivity contribution is -0.137. The normalized spacial score (nSPS) is 11.8. The number of imidazole rings is 1. The van der Waals surface area contributed by atoms with Crippen molar-refractivity contribution in [3.63, 3.8) is 0 Å². The van der Waals surface area contributed by atoms with Gasteiger partial charge in [0, 0.05) is 19.3 Å². The highest BCUT2D eigenvalue weighted by Gasteiger charge is 2.33. The summed E-state index contributed by atoms with van der Waals surface area (Å²) < 4.78 is 45.6. The van der Waals surface area contributed by atoms with Gasteiger partial charge < -0.3 is 15.6 Å². The summed E-state index contributed by atoms with van der Waals surface area (Å²) >= 11 is 5.64. The molecule has 0 radical (unpaired) electrons. The van der Waals surface area contributed by atoms with Crippen LogP contribution in [0.1, 0.15) is 28.4 Å². The molecule has 13 heteroatoms. The molecular weight excluding hydrogens is 451 g/mol. The van der Waals surface area contributed by atoms with Crippen LogP contribution in [0.5, 0.6) is 0 Å². The van der Waals surface area contributed by atoms with E-state index < -0.39 is 22.7 Å². The lowest BCUT2D eigenvalue weighted by Crippen LogP contribution is -2.24. The van der Waals surface area contributed by atoms with Gasteiger partial charge in [-0.15, -0.1) is 0 Å². The number of aromatic nitrogens is 5. The number of alkyl halides is 3. The van der Waals surface area contributed by atoms with Crippen LogP contribution >= 0.6 is 11.6 Å². The lowest BCUT2D eigenvalue weighted by Gasteiger charge is -2.12. The number of nitrogens with one attached hydrogen (secondary N) is 1. The highest BCUT2D eigenvalue weighted by molar-refractivity contribution is 6.31. The highest BCUT2D eigenvalue weighted by atomic mass is 35.5. The first-order chi connectivity index (χ1) is 15.2. The van der Waals surface area contributed by atoms with Crippen LogP contribution in [-0.2, 0) is 19.3 Å². The zero-order valence-electron chi connectivity index (χ0n) is 16.4. The van der Waals surface area contributed by atoms with E-state index >= 15 is 0 Å². The van der Waals surface area contributed by atoms with Crippen molar-refractivity contribution in [1.82, 2.24) is 30.2 Å². The number of carbonyl (C=O) groups excluding carboxylic acids is 1. The third-order valence-corrected chi connectivity index (χ3v) is 5.06. The molecule has 9 nitrogen and oxygen atoms in total. The largest absolute Gasteiger partial charge is 0.417 e.